The van der Waals surface area contributed by atoms with Gasteiger partial charge in [-0.2, -0.15) is 0 Å². The monoisotopic (exact) mass is 528 g/mol. The summed E-state index contributed by atoms with van der Waals surface area (Å²) < 4.78 is 33.0. The van der Waals surface area contributed by atoms with Crippen LogP contribution in [0, 0.1) is 5.92 Å². The van der Waals surface area contributed by atoms with Gasteiger partial charge in [0.1, 0.15) is 0 Å². The standard InChI is InChI=1S/C26H32N4O6S/c1-17(2)30-16-19(14-24(30)31)26(33)29-20-7-5-18(6-8-20)25(32)28-21-9-11-23(12-10-21)37(34,35)27-15-22-4-3-13-36-22/h5-12,17,19,22,27H,3-4,13-16H2,1-2H3,(H,28,32)(H,29,33). The highest BCUT2D eigenvalue weighted by atomic mass is 32.2. The largest absolute Gasteiger partial charge is 0.377 e. The number of benzene rings is 2. The summed E-state index contributed by atoms with van der Waals surface area (Å²) >= 11 is 0. The molecule has 3 N–H and O–H groups in total. The molecule has 37 heavy (non-hydrogen) atoms. The zero-order valence-corrected chi connectivity index (χ0v) is 21.7. The van der Waals surface area contributed by atoms with Crippen LogP contribution in [0.1, 0.15) is 43.5 Å². The third kappa shape index (κ3) is 6.73. The molecule has 0 aromatic heterocycles. The summed E-state index contributed by atoms with van der Waals surface area (Å²) in [6.45, 7) is 5.12. The maximum Gasteiger partial charge on any atom is 0.255 e. The normalized spacial score (nSPS) is 19.9. The Labute approximate surface area is 216 Å². The molecule has 2 aromatic rings. The van der Waals surface area contributed by atoms with Gasteiger partial charge in [-0.1, -0.05) is 0 Å². The van der Waals surface area contributed by atoms with Crippen LogP contribution >= 0.6 is 0 Å². The molecule has 0 aliphatic carbocycles. The molecule has 2 aromatic carbocycles. The second-order valence-electron chi connectivity index (χ2n) is 9.57. The summed E-state index contributed by atoms with van der Waals surface area (Å²) in [5.41, 5.74) is 1.35. The summed E-state index contributed by atoms with van der Waals surface area (Å²) in [7, 11) is -3.68. The number of ether oxygens (including phenoxy) is 1. The molecule has 4 rings (SSSR count). The smallest absolute Gasteiger partial charge is 0.255 e. The average molecular weight is 529 g/mol. The van der Waals surface area contributed by atoms with Crippen molar-refractivity contribution in [3.05, 3.63) is 54.1 Å². The molecular formula is C26H32N4O6S. The molecule has 0 radical (unpaired) electrons. The van der Waals surface area contributed by atoms with E-state index in [0.717, 1.165) is 12.8 Å². The fourth-order valence-corrected chi connectivity index (χ4v) is 5.43. The first-order valence-electron chi connectivity index (χ1n) is 12.4. The predicted molar refractivity (Wildman–Crippen MR) is 139 cm³/mol. The van der Waals surface area contributed by atoms with E-state index in [1.807, 2.05) is 13.8 Å². The summed E-state index contributed by atoms with van der Waals surface area (Å²) in [6.07, 6.45) is 1.85. The first-order chi connectivity index (χ1) is 17.6. The molecule has 10 nitrogen and oxygen atoms in total. The van der Waals surface area contributed by atoms with Crippen LogP contribution in [0.4, 0.5) is 11.4 Å². The van der Waals surface area contributed by atoms with Crippen LogP contribution < -0.4 is 15.4 Å². The number of carbonyl (C=O) groups is 3. The first-order valence-corrected chi connectivity index (χ1v) is 13.8. The molecule has 2 saturated heterocycles. The Kier molecular flexibility index (Phi) is 8.25. The number of carbonyl (C=O) groups excluding carboxylic acids is 3. The van der Waals surface area contributed by atoms with Crippen LogP contribution in [0.25, 0.3) is 0 Å². The van der Waals surface area contributed by atoms with E-state index in [-0.39, 0.29) is 47.7 Å². The van der Waals surface area contributed by atoms with Crippen LogP contribution in [0.3, 0.4) is 0 Å². The fraction of sp³-hybridized carbons (Fsp3) is 0.423. The van der Waals surface area contributed by atoms with E-state index in [1.54, 1.807) is 29.2 Å². The van der Waals surface area contributed by atoms with Crippen molar-refractivity contribution in [2.75, 3.05) is 30.3 Å². The van der Waals surface area contributed by atoms with Gasteiger partial charge >= 0.3 is 0 Å². The second-order valence-corrected chi connectivity index (χ2v) is 11.3. The van der Waals surface area contributed by atoms with Gasteiger partial charge in [0.15, 0.2) is 0 Å². The van der Waals surface area contributed by atoms with Crippen molar-refractivity contribution in [2.45, 2.75) is 50.2 Å². The molecule has 0 spiro atoms. The van der Waals surface area contributed by atoms with Crippen molar-refractivity contribution in [2.24, 2.45) is 5.92 Å². The van der Waals surface area contributed by atoms with E-state index >= 15 is 0 Å². The van der Waals surface area contributed by atoms with Gasteiger partial charge in [0.25, 0.3) is 5.91 Å². The van der Waals surface area contributed by atoms with Crippen molar-refractivity contribution < 1.29 is 27.5 Å². The molecule has 2 aliphatic rings. The number of hydrogen-bond acceptors (Lipinski definition) is 6. The van der Waals surface area contributed by atoms with Gasteiger partial charge in [-0.15, -0.1) is 0 Å². The van der Waals surface area contributed by atoms with Crippen molar-refractivity contribution in [3.63, 3.8) is 0 Å². The maximum absolute atomic E-state index is 12.6. The van der Waals surface area contributed by atoms with Crippen LogP contribution in [-0.4, -0.2) is 62.9 Å². The van der Waals surface area contributed by atoms with E-state index in [1.165, 1.54) is 24.3 Å². The van der Waals surface area contributed by atoms with E-state index < -0.39 is 15.9 Å². The molecule has 2 atom stereocenters. The zero-order valence-electron chi connectivity index (χ0n) is 20.9. The minimum absolute atomic E-state index is 0.0252. The topological polar surface area (TPSA) is 134 Å². The van der Waals surface area contributed by atoms with Gasteiger partial charge in [0.2, 0.25) is 21.8 Å². The highest BCUT2D eigenvalue weighted by Gasteiger charge is 2.35. The highest BCUT2D eigenvalue weighted by molar-refractivity contribution is 7.89. The number of nitrogens with one attached hydrogen (secondary N) is 3. The summed E-state index contributed by atoms with van der Waals surface area (Å²) in [5.74, 6) is -1.04. The molecule has 2 unspecified atom stereocenters. The van der Waals surface area contributed by atoms with E-state index in [4.69, 9.17) is 4.74 Å². The number of amides is 3. The van der Waals surface area contributed by atoms with Crippen molar-refractivity contribution in [3.8, 4) is 0 Å². The Morgan fingerprint density at radius 1 is 1.03 bits per heavy atom. The Balaban J connectivity index is 1.29. The van der Waals surface area contributed by atoms with Crippen molar-refractivity contribution in [1.29, 1.82) is 0 Å². The first kappa shape index (κ1) is 26.8. The highest BCUT2D eigenvalue weighted by Crippen LogP contribution is 2.22. The number of rotatable bonds is 9. The van der Waals surface area contributed by atoms with E-state index in [9.17, 15) is 22.8 Å². The number of hydrogen-bond donors (Lipinski definition) is 3. The summed E-state index contributed by atoms with van der Waals surface area (Å²) in [5, 5.41) is 5.54. The van der Waals surface area contributed by atoms with Gasteiger partial charge in [-0.3, -0.25) is 14.4 Å². The maximum atomic E-state index is 12.6. The van der Waals surface area contributed by atoms with E-state index in [2.05, 4.69) is 15.4 Å². The molecule has 2 heterocycles. The van der Waals surface area contributed by atoms with Crippen molar-refractivity contribution >= 4 is 39.1 Å². The molecule has 2 fully saturated rings. The second kappa shape index (κ2) is 11.4. The lowest BCUT2D eigenvalue weighted by Crippen LogP contribution is -2.33. The molecule has 198 valence electrons. The molecular weight excluding hydrogens is 496 g/mol. The third-order valence-electron chi connectivity index (χ3n) is 6.51. The van der Waals surface area contributed by atoms with Crippen LogP contribution in [0.15, 0.2) is 53.4 Å². The zero-order chi connectivity index (χ0) is 26.6. The third-order valence-corrected chi connectivity index (χ3v) is 7.95. The Morgan fingerprint density at radius 3 is 2.27 bits per heavy atom. The Hall–Kier alpha value is -3.28. The van der Waals surface area contributed by atoms with E-state index in [0.29, 0.717) is 30.1 Å². The predicted octanol–water partition coefficient (Wildman–Crippen LogP) is 2.59. The minimum Gasteiger partial charge on any atom is -0.377 e. The number of anilines is 2. The Morgan fingerprint density at radius 2 is 1.68 bits per heavy atom. The lowest BCUT2D eigenvalue weighted by Gasteiger charge is -2.20. The fourth-order valence-electron chi connectivity index (χ4n) is 4.37. The molecule has 0 saturated carbocycles. The van der Waals surface area contributed by atoms with Crippen LogP contribution in [-0.2, 0) is 24.3 Å². The summed E-state index contributed by atoms with van der Waals surface area (Å²) in [6, 6.07) is 12.4. The number of nitrogens with zero attached hydrogens (tertiary/aromatic N) is 1. The summed E-state index contributed by atoms with van der Waals surface area (Å²) in [4.78, 5) is 39.1. The van der Waals surface area contributed by atoms with Crippen molar-refractivity contribution in [1.82, 2.24) is 9.62 Å². The van der Waals surface area contributed by atoms with Gasteiger partial charge in [-0.25, -0.2) is 13.1 Å². The SMILES string of the molecule is CC(C)N1CC(C(=O)Nc2ccc(C(=O)Nc3ccc(S(=O)(=O)NCC4CCCO4)cc3)cc2)CC1=O. The molecule has 3 amide bonds. The number of likely N-dealkylation sites (tertiary alicyclic amines) is 1. The van der Waals surface area contributed by atoms with Gasteiger partial charge in [0, 0.05) is 49.1 Å². The molecule has 11 heteroatoms. The van der Waals surface area contributed by atoms with Crippen LogP contribution in [0.2, 0.25) is 0 Å². The minimum atomic E-state index is -3.68. The van der Waals surface area contributed by atoms with Gasteiger partial charge < -0.3 is 20.3 Å². The molecule has 0 bridgehead atoms. The lowest BCUT2D eigenvalue weighted by molar-refractivity contribution is -0.129. The lowest BCUT2D eigenvalue weighted by atomic mass is 10.1. The number of sulfonamides is 1. The quantitative estimate of drug-likeness (QED) is 0.458. The average Bonchev–Trinajstić information content (AvgIpc) is 3.53. The van der Waals surface area contributed by atoms with Gasteiger partial charge in [-0.05, 0) is 75.2 Å². The Bertz CT molecular complexity index is 1240. The van der Waals surface area contributed by atoms with Crippen LogP contribution in [0.5, 0.6) is 0 Å². The van der Waals surface area contributed by atoms with Gasteiger partial charge in [0.05, 0.1) is 16.9 Å². The molecule has 2 aliphatic heterocycles.